The van der Waals surface area contributed by atoms with Crippen molar-refractivity contribution < 1.29 is 14.7 Å². The number of carbonyl (C=O) groups excluding carboxylic acids is 1. The Morgan fingerprint density at radius 3 is 2.67 bits per heavy atom. The van der Waals surface area contributed by atoms with Gasteiger partial charge in [-0.15, -0.1) is 0 Å². The third-order valence-electron chi connectivity index (χ3n) is 3.63. The maximum atomic E-state index is 11.7. The second-order valence-electron chi connectivity index (χ2n) is 5.21. The predicted octanol–water partition coefficient (Wildman–Crippen LogP) is 1.46. The summed E-state index contributed by atoms with van der Waals surface area (Å²) < 4.78 is 0. The molecule has 2 amide bonds. The molecule has 1 unspecified atom stereocenters. The van der Waals surface area contributed by atoms with Crippen LogP contribution in [0.25, 0.3) is 0 Å². The maximum Gasteiger partial charge on any atom is 0.317 e. The predicted molar refractivity (Wildman–Crippen MR) is 67.2 cm³/mol. The van der Waals surface area contributed by atoms with Crippen molar-refractivity contribution in [2.75, 3.05) is 19.6 Å². The molecule has 1 fully saturated rings. The minimum absolute atomic E-state index is 0.0498. The molecule has 100 valence electrons. The van der Waals surface area contributed by atoms with Crippen LogP contribution in [-0.2, 0) is 4.79 Å². The molecular weight excluding hydrogens is 232 g/mol. The topological polar surface area (TPSA) is 69.6 Å². The van der Waals surface area contributed by atoms with Gasteiger partial charge in [-0.25, -0.2) is 4.79 Å². The summed E-state index contributed by atoms with van der Waals surface area (Å²) in [6.07, 6.45) is 7.81. The molecule has 1 saturated heterocycles. The lowest BCUT2D eigenvalue weighted by Crippen LogP contribution is -2.54. The third kappa shape index (κ3) is 3.48. The van der Waals surface area contributed by atoms with Gasteiger partial charge >= 0.3 is 12.0 Å². The summed E-state index contributed by atoms with van der Waals surface area (Å²) in [6.45, 7) is 1.87. The molecule has 0 spiro atoms. The number of nitrogens with zero attached hydrogens (tertiary/aromatic N) is 1. The van der Waals surface area contributed by atoms with Crippen LogP contribution in [0.5, 0.6) is 0 Å². The SMILES string of the molecule is O=C(O)CC1CN(C(=O)NCC2CC=CCC2)C1. The van der Waals surface area contributed by atoms with E-state index in [1.165, 1.54) is 0 Å². The molecule has 1 atom stereocenters. The van der Waals surface area contributed by atoms with Crippen LogP contribution in [0.2, 0.25) is 0 Å². The maximum absolute atomic E-state index is 11.7. The number of hydrogen-bond acceptors (Lipinski definition) is 2. The molecule has 0 bridgehead atoms. The standard InChI is InChI=1S/C13H20N2O3/c16-12(17)6-11-8-15(9-11)13(18)14-7-10-4-2-1-3-5-10/h1-2,10-11H,3-9H2,(H,14,18)(H,16,17). The molecule has 0 aromatic carbocycles. The van der Waals surface area contributed by atoms with Gasteiger partial charge in [0.2, 0.25) is 0 Å². The van der Waals surface area contributed by atoms with Gasteiger partial charge in [0, 0.05) is 25.6 Å². The molecule has 5 nitrogen and oxygen atoms in total. The first-order valence-electron chi connectivity index (χ1n) is 6.54. The number of carbonyl (C=O) groups is 2. The summed E-state index contributed by atoms with van der Waals surface area (Å²) in [4.78, 5) is 23.9. The monoisotopic (exact) mass is 252 g/mol. The average molecular weight is 252 g/mol. The Balaban J connectivity index is 1.61. The fourth-order valence-corrected chi connectivity index (χ4v) is 2.50. The van der Waals surface area contributed by atoms with Gasteiger partial charge in [-0.1, -0.05) is 12.2 Å². The van der Waals surface area contributed by atoms with Crippen LogP contribution in [0, 0.1) is 11.8 Å². The summed E-state index contributed by atoms with van der Waals surface area (Å²) in [5, 5.41) is 11.6. The van der Waals surface area contributed by atoms with E-state index in [-0.39, 0.29) is 18.4 Å². The van der Waals surface area contributed by atoms with Gasteiger partial charge < -0.3 is 15.3 Å². The van der Waals surface area contributed by atoms with E-state index in [0.717, 1.165) is 25.8 Å². The number of aliphatic carboxylic acids is 1. The lowest BCUT2D eigenvalue weighted by molar-refractivity contribution is -0.139. The molecular formula is C13H20N2O3. The Hall–Kier alpha value is -1.52. The van der Waals surface area contributed by atoms with Crippen LogP contribution in [-0.4, -0.2) is 41.6 Å². The fraction of sp³-hybridized carbons (Fsp3) is 0.692. The van der Waals surface area contributed by atoms with E-state index in [0.29, 0.717) is 19.0 Å². The van der Waals surface area contributed by atoms with Crippen molar-refractivity contribution in [3.8, 4) is 0 Å². The summed E-state index contributed by atoms with van der Waals surface area (Å²) in [5.41, 5.74) is 0. The van der Waals surface area contributed by atoms with E-state index in [4.69, 9.17) is 5.11 Å². The van der Waals surface area contributed by atoms with Crippen LogP contribution in [0.4, 0.5) is 4.79 Å². The zero-order valence-electron chi connectivity index (χ0n) is 10.5. The number of nitrogens with one attached hydrogen (secondary N) is 1. The molecule has 2 aliphatic rings. The lowest BCUT2D eigenvalue weighted by Gasteiger charge is -2.38. The first-order valence-corrected chi connectivity index (χ1v) is 6.54. The minimum atomic E-state index is -0.783. The van der Waals surface area contributed by atoms with E-state index < -0.39 is 5.97 Å². The van der Waals surface area contributed by atoms with Crippen molar-refractivity contribution in [2.24, 2.45) is 11.8 Å². The second kappa shape index (κ2) is 5.89. The fourth-order valence-electron chi connectivity index (χ4n) is 2.50. The number of carboxylic acids is 1. The van der Waals surface area contributed by atoms with Crippen LogP contribution in [0.1, 0.15) is 25.7 Å². The molecule has 0 radical (unpaired) electrons. The van der Waals surface area contributed by atoms with Crippen molar-refractivity contribution in [3.05, 3.63) is 12.2 Å². The highest BCUT2D eigenvalue weighted by atomic mass is 16.4. The highest BCUT2D eigenvalue weighted by molar-refractivity contribution is 5.75. The summed E-state index contributed by atoms with van der Waals surface area (Å²) >= 11 is 0. The van der Waals surface area contributed by atoms with Gasteiger partial charge in [0.05, 0.1) is 6.42 Å². The van der Waals surface area contributed by atoms with E-state index in [2.05, 4.69) is 17.5 Å². The van der Waals surface area contributed by atoms with Crippen LogP contribution >= 0.6 is 0 Å². The van der Waals surface area contributed by atoms with E-state index in [1.807, 2.05) is 0 Å². The molecule has 1 heterocycles. The van der Waals surface area contributed by atoms with Crippen molar-refractivity contribution in [3.63, 3.8) is 0 Å². The van der Waals surface area contributed by atoms with E-state index in [9.17, 15) is 9.59 Å². The number of rotatable bonds is 4. The third-order valence-corrected chi connectivity index (χ3v) is 3.63. The van der Waals surface area contributed by atoms with Crippen molar-refractivity contribution >= 4 is 12.0 Å². The Morgan fingerprint density at radius 2 is 2.06 bits per heavy atom. The van der Waals surface area contributed by atoms with Gasteiger partial charge in [-0.2, -0.15) is 0 Å². The number of hydrogen-bond donors (Lipinski definition) is 2. The van der Waals surface area contributed by atoms with Gasteiger partial charge in [0.15, 0.2) is 0 Å². The van der Waals surface area contributed by atoms with Gasteiger partial charge in [-0.05, 0) is 25.2 Å². The van der Waals surface area contributed by atoms with E-state index in [1.54, 1.807) is 4.90 Å². The molecule has 2 rings (SSSR count). The van der Waals surface area contributed by atoms with Gasteiger partial charge in [0.25, 0.3) is 0 Å². The van der Waals surface area contributed by atoms with Crippen molar-refractivity contribution in [1.29, 1.82) is 0 Å². The molecule has 18 heavy (non-hydrogen) atoms. The molecule has 1 aliphatic carbocycles. The Kier molecular flexibility index (Phi) is 4.23. The molecule has 0 aromatic heterocycles. The molecule has 0 saturated carbocycles. The number of likely N-dealkylation sites (tertiary alicyclic amines) is 1. The van der Waals surface area contributed by atoms with E-state index >= 15 is 0 Å². The number of amides is 2. The quantitative estimate of drug-likeness (QED) is 0.744. The molecule has 1 aliphatic heterocycles. The highest BCUT2D eigenvalue weighted by Crippen LogP contribution is 2.20. The minimum Gasteiger partial charge on any atom is -0.481 e. The number of urea groups is 1. The first-order chi connectivity index (χ1) is 8.65. The largest absolute Gasteiger partial charge is 0.481 e. The summed E-state index contributed by atoms with van der Waals surface area (Å²) in [6, 6.07) is -0.0498. The van der Waals surface area contributed by atoms with Gasteiger partial charge in [0.1, 0.15) is 0 Å². The van der Waals surface area contributed by atoms with Gasteiger partial charge in [-0.3, -0.25) is 4.79 Å². The Labute approximate surface area is 107 Å². The number of allylic oxidation sites excluding steroid dienone is 2. The number of carboxylic acid groups (broad SMARTS) is 1. The van der Waals surface area contributed by atoms with Crippen molar-refractivity contribution in [1.82, 2.24) is 10.2 Å². The van der Waals surface area contributed by atoms with Crippen molar-refractivity contribution in [2.45, 2.75) is 25.7 Å². The Morgan fingerprint density at radius 1 is 1.28 bits per heavy atom. The lowest BCUT2D eigenvalue weighted by atomic mass is 9.94. The molecule has 0 aromatic rings. The average Bonchev–Trinajstić information content (AvgIpc) is 2.31. The highest BCUT2D eigenvalue weighted by Gasteiger charge is 2.32. The zero-order valence-corrected chi connectivity index (χ0v) is 10.5. The molecule has 5 heteroatoms. The van der Waals surface area contributed by atoms with Crippen LogP contribution < -0.4 is 5.32 Å². The summed E-state index contributed by atoms with van der Waals surface area (Å²) in [7, 11) is 0. The smallest absolute Gasteiger partial charge is 0.317 e. The Bertz CT molecular complexity index is 348. The second-order valence-corrected chi connectivity index (χ2v) is 5.21. The summed E-state index contributed by atoms with van der Waals surface area (Å²) in [5.74, 6) is -0.102. The zero-order chi connectivity index (χ0) is 13.0. The first kappa shape index (κ1) is 12.9. The van der Waals surface area contributed by atoms with Crippen LogP contribution in [0.3, 0.4) is 0 Å². The van der Waals surface area contributed by atoms with Crippen LogP contribution in [0.15, 0.2) is 12.2 Å². The normalized spacial score (nSPS) is 23.6. The molecule has 2 N–H and O–H groups in total.